The zero-order valence-corrected chi connectivity index (χ0v) is 15.3. The lowest BCUT2D eigenvalue weighted by Gasteiger charge is -2.43. The van der Waals surface area contributed by atoms with Crippen LogP contribution in [0.15, 0.2) is 0 Å². The van der Waals surface area contributed by atoms with Crippen LogP contribution in [0.3, 0.4) is 0 Å². The Kier molecular flexibility index (Phi) is 1.40. The van der Waals surface area contributed by atoms with Gasteiger partial charge in [0.15, 0.2) is 0 Å². The smallest absolute Gasteiger partial charge is 0.0161 e. The van der Waals surface area contributed by atoms with E-state index in [1.165, 1.54) is 0 Å². The molecule has 0 heterocycles. The van der Waals surface area contributed by atoms with Gasteiger partial charge in [0.2, 0.25) is 0 Å². The van der Waals surface area contributed by atoms with Gasteiger partial charge in [0.25, 0.3) is 0 Å². The van der Waals surface area contributed by atoms with Gasteiger partial charge in [-0.05, 0) is 120 Å². The second kappa shape index (κ2) is 2.61. The van der Waals surface area contributed by atoms with Gasteiger partial charge in [-0.15, -0.1) is 0 Å². The van der Waals surface area contributed by atoms with E-state index in [-0.39, 0.29) is 0 Å². The first kappa shape index (κ1) is 12.4. The topological polar surface area (TPSA) is 0 Å². The Morgan fingerprint density at radius 3 is 1.61 bits per heavy atom. The van der Waals surface area contributed by atoms with Crippen LogP contribution in [-0.4, -0.2) is 0 Å². The SMILES string of the molecule is CC(C)C(C)C1CC2(C1)CC21CC12CC21CC12CC21CC12CC2. The first-order valence-corrected chi connectivity index (χ1v) is 10.9. The Balaban J connectivity index is 1.03. The van der Waals surface area contributed by atoms with Crippen LogP contribution in [0.1, 0.15) is 85.0 Å². The van der Waals surface area contributed by atoms with Crippen molar-refractivity contribution in [3.05, 3.63) is 0 Å². The number of fused-ring (bicyclic) bond motifs is 6. The highest BCUT2D eigenvalue weighted by Crippen LogP contribution is 3.19. The normalized spacial score (nSPS) is 73.3. The molecule has 124 valence electrons. The van der Waals surface area contributed by atoms with E-state index in [4.69, 9.17) is 0 Å². The summed E-state index contributed by atoms with van der Waals surface area (Å²) in [6.45, 7) is 7.41. The standard InChI is InChI=1S/C23H32/c1-14(2)15(3)16-6-18(7-16)9-20(18)11-22(20)13-23(22)12-21(23)10-19(21)8-17(19)4-5-17/h14-16H,4-13H2,1-3H3. The highest BCUT2D eigenvalue weighted by molar-refractivity contribution is 5.60. The Bertz CT molecular complexity index is 708. The summed E-state index contributed by atoms with van der Waals surface area (Å²) in [5, 5.41) is 0. The van der Waals surface area contributed by atoms with Gasteiger partial charge < -0.3 is 0 Å². The maximum atomic E-state index is 2.53. The summed E-state index contributed by atoms with van der Waals surface area (Å²) in [7, 11) is 0. The quantitative estimate of drug-likeness (QED) is 0.604. The van der Waals surface area contributed by atoms with Crippen molar-refractivity contribution < 1.29 is 0 Å². The van der Waals surface area contributed by atoms with Crippen molar-refractivity contribution in [3.63, 3.8) is 0 Å². The highest BCUT2D eigenvalue weighted by Gasteiger charge is 3.12. The van der Waals surface area contributed by atoms with Crippen LogP contribution in [0.25, 0.3) is 0 Å². The van der Waals surface area contributed by atoms with Crippen LogP contribution in [0.5, 0.6) is 0 Å². The van der Waals surface area contributed by atoms with E-state index in [9.17, 15) is 0 Å². The molecule has 8 saturated carbocycles. The second-order valence-corrected chi connectivity index (χ2v) is 12.8. The third-order valence-electron chi connectivity index (χ3n) is 12.6. The molecule has 8 fully saturated rings. The number of hydrogen-bond acceptors (Lipinski definition) is 0. The van der Waals surface area contributed by atoms with Crippen molar-refractivity contribution >= 4 is 0 Å². The third kappa shape index (κ3) is 0.863. The number of rotatable bonds is 2. The molecule has 0 nitrogen and oxygen atoms in total. The molecule has 23 heavy (non-hydrogen) atoms. The fraction of sp³-hybridized carbons (Fsp3) is 1.00. The molecule has 8 rings (SSSR count). The minimum absolute atomic E-state index is 0.898. The zero-order valence-electron chi connectivity index (χ0n) is 15.3. The largest absolute Gasteiger partial charge is 0.0625 e. The molecule has 0 bridgehead atoms. The van der Waals surface area contributed by atoms with Gasteiger partial charge in [0.1, 0.15) is 0 Å². The fourth-order valence-corrected chi connectivity index (χ4v) is 10.6. The lowest BCUT2D eigenvalue weighted by molar-refractivity contribution is 0.0680. The molecule has 0 aromatic rings. The van der Waals surface area contributed by atoms with E-state index < -0.39 is 0 Å². The van der Waals surface area contributed by atoms with Crippen molar-refractivity contribution in [3.8, 4) is 0 Å². The van der Waals surface area contributed by atoms with E-state index in [1.807, 2.05) is 0 Å². The molecule has 0 radical (unpaired) electrons. The van der Waals surface area contributed by atoms with Crippen LogP contribution in [-0.2, 0) is 0 Å². The van der Waals surface area contributed by atoms with E-state index >= 15 is 0 Å². The molecule has 6 atom stereocenters. The predicted molar refractivity (Wildman–Crippen MR) is 90.7 cm³/mol. The van der Waals surface area contributed by atoms with Gasteiger partial charge in [0, 0.05) is 0 Å². The lowest BCUT2D eigenvalue weighted by Crippen LogP contribution is -2.34. The Morgan fingerprint density at radius 1 is 0.609 bits per heavy atom. The average molecular weight is 309 g/mol. The van der Waals surface area contributed by atoms with Crippen molar-refractivity contribution in [2.45, 2.75) is 85.0 Å². The fourth-order valence-electron chi connectivity index (χ4n) is 10.6. The molecule has 0 aromatic carbocycles. The summed E-state index contributed by atoms with van der Waals surface area (Å²) in [6.07, 6.45) is 16.7. The number of hydrogen-bond donors (Lipinski definition) is 0. The molecule has 6 unspecified atom stereocenters. The molecule has 0 N–H and O–H groups in total. The van der Waals surface area contributed by atoms with Gasteiger partial charge >= 0.3 is 0 Å². The molecule has 0 aromatic heterocycles. The van der Waals surface area contributed by atoms with Crippen LogP contribution in [0.2, 0.25) is 0 Å². The van der Waals surface area contributed by atoms with E-state index in [0.717, 1.165) is 55.7 Å². The predicted octanol–water partition coefficient (Wildman–Crippen LogP) is 5.81. The van der Waals surface area contributed by atoms with Crippen LogP contribution in [0.4, 0.5) is 0 Å². The van der Waals surface area contributed by atoms with Crippen molar-refractivity contribution in [2.24, 2.45) is 55.7 Å². The first-order chi connectivity index (χ1) is 10.9. The average Bonchev–Trinajstić information content (AvgIpc) is 3.29. The van der Waals surface area contributed by atoms with Crippen LogP contribution >= 0.6 is 0 Å². The van der Waals surface area contributed by atoms with Gasteiger partial charge in [-0.25, -0.2) is 0 Å². The van der Waals surface area contributed by atoms with Crippen LogP contribution < -0.4 is 0 Å². The second-order valence-electron chi connectivity index (χ2n) is 12.8. The summed E-state index contributed by atoms with van der Waals surface area (Å²) in [5.74, 6) is 2.96. The molecule has 7 spiro atoms. The first-order valence-electron chi connectivity index (χ1n) is 10.9. The summed E-state index contributed by atoms with van der Waals surface area (Å²) in [5.41, 5.74) is 6.67. The van der Waals surface area contributed by atoms with E-state index in [0.29, 0.717) is 0 Å². The van der Waals surface area contributed by atoms with Gasteiger partial charge in [0.05, 0.1) is 0 Å². The monoisotopic (exact) mass is 308 g/mol. The maximum Gasteiger partial charge on any atom is -0.0161 e. The molecule has 0 saturated heterocycles. The molecule has 0 heteroatoms. The molecule has 0 amide bonds. The Morgan fingerprint density at radius 2 is 1.09 bits per heavy atom. The van der Waals surface area contributed by atoms with Gasteiger partial charge in [-0.3, -0.25) is 0 Å². The molecule has 8 aliphatic rings. The summed E-state index contributed by atoms with van der Waals surface area (Å²) in [6, 6.07) is 0. The molecule has 0 aliphatic heterocycles. The minimum Gasteiger partial charge on any atom is -0.0625 e. The van der Waals surface area contributed by atoms with Gasteiger partial charge in [-0.2, -0.15) is 0 Å². The summed E-state index contributed by atoms with van der Waals surface area (Å²) >= 11 is 0. The molecular formula is C23H32. The third-order valence-corrected chi connectivity index (χ3v) is 12.6. The zero-order chi connectivity index (χ0) is 15.3. The summed E-state index contributed by atoms with van der Waals surface area (Å²) in [4.78, 5) is 0. The van der Waals surface area contributed by atoms with Gasteiger partial charge in [-0.1, -0.05) is 20.8 Å². The lowest BCUT2D eigenvalue weighted by atomic mass is 9.62. The molecule has 8 aliphatic carbocycles. The molecular weight excluding hydrogens is 276 g/mol. The van der Waals surface area contributed by atoms with Crippen molar-refractivity contribution in [1.82, 2.24) is 0 Å². The Hall–Kier alpha value is 0. The van der Waals surface area contributed by atoms with E-state index in [2.05, 4.69) is 20.8 Å². The highest BCUT2D eigenvalue weighted by atomic mass is 15.2. The Labute approximate surface area is 141 Å². The van der Waals surface area contributed by atoms with Crippen molar-refractivity contribution in [2.75, 3.05) is 0 Å². The van der Waals surface area contributed by atoms with E-state index in [1.54, 1.807) is 64.2 Å². The maximum absolute atomic E-state index is 2.53. The van der Waals surface area contributed by atoms with Crippen LogP contribution in [0, 0.1) is 55.7 Å². The summed E-state index contributed by atoms with van der Waals surface area (Å²) < 4.78 is 0. The van der Waals surface area contributed by atoms with Crippen molar-refractivity contribution in [1.29, 1.82) is 0 Å². The minimum atomic E-state index is 0.898.